The number of benzene rings is 1. The minimum Gasteiger partial charge on any atom is -0.310 e. The van der Waals surface area contributed by atoms with Crippen molar-refractivity contribution >= 4 is 16.9 Å². The standard InChI is InChI=1S/C27H31N5O2/c1-29-23-22(24(33)30(2)26(29)34)32-16-21(20-6-4-3-5-7-20)31(25(32)28-23)9-8-27-13-17-10-18(14-27)12-19(11-17)15-27/h3-7,16-19H,8-15H2,1-2H3. The van der Waals surface area contributed by atoms with E-state index in [2.05, 4.69) is 28.8 Å². The van der Waals surface area contributed by atoms with Gasteiger partial charge in [0.05, 0.1) is 5.69 Å². The molecule has 0 atom stereocenters. The lowest BCUT2D eigenvalue weighted by Crippen LogP contribution is -2.46. The lowest BCUT2D eigenvalue weighted by Gasteiger charge is -2.57. The molecule has 176 valence electrons. The molecule has 4 saturated carbocycles. The maximum absolute atomic E-state index is 13.1. The first-order chi connectivity index (χ1) is 16.4. The number of fused-ring (bicyclic) bond motifs is 3. The fourth-order valence-electron chi connectivity index (χ4n) is 8.02. The number of nitrogens with zero attached hydrogens (tertiary/aromatic N) is 5. The van der Waals surface area contributed by atoms with Gasteiger partial charge in [0, 0.05) is 26.8 Å². The van der Waals surface area contributed by atoms with E-state index in [0.717, 1.165) is 47.8 Å². The molecule has 8 rings (SSSR count). The SMILES string of the molecule is Cn1c(=O)c2c(nc3n(CCC45CC6CC(CC(C6)C4)C5)c(-c4ccccc4)cn23)n(C)c1=O. The van der Waals surface area contributed by atoms with Gasteiger partial charge in [-0.05, 0) is 73.7 Å². The number of rotatable bonds is 4. The van der Waals surface area contributed by atoms with Gasteiger partial charge in [-0.25, -0.2) is 4.79 Å². The summed E-state index contributed by atoms with van der Waals surface area (Å²) in [5, 5.41) is 0. The van der Waals surface area contributed by atoms with Crippen LogP contribution in [0.25, 0.3) is 28.2 Å². The normalized spacial score (nSPS) is 27.9. The van der Waals surface area contributed by atoms with Crippen molar-refractivity contribution in [3.8, 4) is 11.3 Å². The van der Waals surface area contributed by atoms with Crippen LogP contribution in [-0.2, 0) is 20.6 Å². The van der Waals surface area contributed by atoms with E-state index >= 15 is 0 Å². The zero-order valence-corrected chi connectivity index (χ0v) is 19.9. The van der Waals surface area contributed by atoms with Crippen LogP contribution in [0.15, 0.2) is 46.1 Å². The molecule has 1 aromatic carbocycles. The van der Waals surface area contributed by atoms with Gasteiger partial charge in [-0.1, -0.05) is 30.3 Å². The van der Waals surface area contributed by atoms with Crippen molar-refractivity contribution in [2.75, 3.05) is 0 Å². The Morgan fingerprint density at radius 1 is 0.941 bits per heavy atom. The predicted molar refractivity (Wildman–Crippen MR) is 132 cm³/mol. The van der Waals surface area contributed by atoms with E-state index in [1.807, 2.05) is 16.7 Å². The molecule has 0 aliphatic heterocycles. The summed E-state index contributed by atoms with van der Waals surface area (Å²) in [5.74, 6) is 3.53. The van der Waals surface area contributed by atoms with E-state index in [1.54, 1.807) is 7.05 Å². The van der Waals surface area contributed by atoms with Crippen LogP contribution in [0.2, 0.25) is 0 Å². The highest BCUT2D eigenvalue weighted by Gasteiger charge is 2.50. The van der Waals surface area contributed by atoms with Crippen LogP contribution < -0.4 is 11.2 Å². The largest absolute Gasteiger partial charge is 0.332 e. The Balaban J connectivity index is 1.39. The lowest BCUT2D eigenvalue weighted by molar-refractivity contribution is -0.0590. The second-order valence-electron chi connectivity index (χ2n) is 11.4. The Kier molecular flexibility index (Phi) is 4.16. The number of imidazole rings is 2. The van der Waals surface area contributed by atoms with Crippen molar-refractivity contribution in [3.63, 3.8) is 0 Å². The average Bonchev–Trinajstić information content (AvgIpc) is 3.36. The van der Waals surface area contributed by atoms with Crippen molar-refractivity contribution in [3.05, 3.63) is 57.4 Å². The molecule has 0 spiro atoms. The van der Waals surface area contributed by atoms with Crippen molar-refractivity contribution in [2.45, 2.75) is 51.5 Å². The van der Waals surface area contributed by atoms with Crippen molar-refractivity contribution < 1.29 is 0 Å². The highest BCUT2D eigenvalue weighted by Crippen LogP contribution is 2.61. The molecule has 34 heavy (non-hydrogen) atoms. The van der Waals surface area contributed by atoms with Crippen molar-refractivity contribution in [1.29, 1.82) is 0 Å². The van der Waals surface area contributed by atoms with Gasteiger partial charge in [0.2, 0.25) is 5.78 Å². The van der Waals surface area contributed by atoms with Crippen LogP contribution in [0.1, 0.15) is 44.9 Å². The Morgan fingerprint density at radius 3 is 2.24 bits per heavy atom. The zero-order valence-electron chi connectivity index (χ0n) is 19.9. The van der Waals surface area contributed by atoms with E-state index in [4.69, 9.17) is 4.98 Å². The van der Waals surface area contributed by atoms with Crippen molar-refractivity contribution in [1.82, 2.24) is 23.1 Å². The highest BCUT2D eigenvalue weighted by atomic mass is 16.2. The molecule has 7 heteroatoms. The Hall–Kier alpha value is -3.09. The minimum absolute atomic E-state index is 0.302. The van der Waals surface area contributed by atoms with Crippen LogP contribution in [-0.4, -0.2) is 23.1 Å². The summed E-state index contributed by atoms with van der Waals surface area (Å²) in [5.41, 5.74) is 2.92. The van der Waals surface area contributed by atoms with Crippen LogP contribution in [0, 0.1) is 23.2 Å². The third kappa shape index (κ3) is 2.79. The summed E-state index contributed by atoms with van der Waals surface area (Å²) in [6.07, 6.45) is 11.7. The number of aryl methyl sites for hydroxylation is 2. The summed E-state index contributed by atoms with van der Waals surface area (Å²) >= 11 is 0. The summed E-state index contributed by atoms with van der Waals surface area (Å²) in [7, 11) is 3.22. The molecule has 4 aromatic rings. The fraction of sp³-hybridized carbons (Fsp3) is 0.519. The molecule has 0 amide bonds. The van der Waals surface area contributed by atoms with Gasteiger partial charge < -0.3 is 4.57 Å². The van der Waals surface area contributed by atoms with Crippen LogP contribution in [0.3, 0.4) is 0 Å². The zero-order chi connectivity index (χ0) is 23.2. The Labute approximate surface area is 197 Å². The summed E-state index contributed by atoms with van der Waals surface area (Å²) in [6, 6.07) is 10.4. The molecule has 4 fully saturated rings. The molecule has 4 aliphatic rings. The van der Waals surface area contributed by atoms with Gasteiger partial charge in [-0.15, -0.1) is 0 Å². The second-order valence-corrected chi connectivity index (χ2v) is 11.4. The quantitative estimate of drug-likeness (QED) is 0.466. The average molecular weight is 458 g/mol. The minimum atomic E-state index is -0.346. The Morgan fingerprint density at radius 2 is 1.59 bits per heavy atom. The van der Waals surface area contributed by atoms with Gasteiger partial charge in [-0.2, -0.15) is 4.98 Å². The summed E-state index contributed by atoms with van der Waals surface area (Å²) in [6.45, 7) is 0.879. The summed E-state index contributed by atoms with van der Waals surface area (Å²) < 4.78 is 6.84. The number of hydrogen-bond donors (Lipinski definition) is 0. The molecule has 0 unspecified atom stereocenters. The van der Waals surface area contributed by atoms with Crippen LogP contribution >= 0.6 is 0 Å². The highest BCUT2D eigenvalue weighted by molar-refractivity contribution is 5.78. The number of hydrogen-bond acceptors (Lipinski definition) is 3. The second kappa shape index (κ2) is 6.96. The van der Waals surface area contributed by atoms with Gasteiger partial charge in [-0.3, -0.25) is 18.3 Å². The molecule has 0 N–H and O–H groups in total. The number of aromatic nitrogens is 5. The van der Waals surface area contributed by atoms with E-state index in [-0.39, 0.29) is 11.2 Å². The predicted octanol–water partition coefficient (Wildman–Crippen LogP) is 3.96. The first-order valence-electron chi connectivity index (χ1n) is 12.7. The third-order valence-electron chi connectivity index (χ3n) is 9.16. The van der Waals surface area contributed by atoms with Crippen molar-refractivity contribution in [2.24, 2.45) is 37.3 Å². The molecule has 3 heterocycles. The van der Waals surface area contributed by atoms with E-state index in [9.17, 15) is 9.59 Å². The topological polar surface area (TPSA) is 66.2 Å². The van der Waals surface area contributed by atoms with E-state index in [1.165, 1.54) is 54.7 Å². The smallest absolute Gasteiger partial charge is 0.310 e. The van der Waals surface area contributed by atoms with Gasteiger partial charge in [0.1, 0.15) is 0 Å². The molecule has 4 aliphatic carbocycles. The van der Waals surface area contributed by atoms with Gasteiger partial charge in [0.15, 0.2) is 11.2 Å². The lowest BCUT2D eigenvalue weighted by atomic mass is 9.49. The van der Waals surface area contributed by atoms with Crippen LogP contribution in [0.4, 0.5) is 0 Å². The molecular formula is C27H31N5O2. The molecular weight excluding hydrogens is 426 g/mol. The molecule has 3 aromatic heterocycles. The maximum Gasteiger partial charge on any atom is 0.332 e. The van der Waals surface area contributed by atoms with E-state index < -0.39 is 0 Å². The van der Waals surface area contributed by atoms with Crippen LogP contribution in [0.5, 0.6) is 0 Å². The first kappa shape index (κ1) is 20.3. The van der Waals surface area contributed by atoms with Gasteiger partial charge in [0.25, 0.3) is 5.56 Å². The monoisotopic (exact) mass is 457 g/mol. The fourth-order valence-corrected chi connectivity index (χ4v) is 8.02. The first-order valence-corrected chi connectivity index (χ1v) is 12.7. The third-order valence-corrected chi connectivity index (χ3v) is 9.16. The summed E-state index contributed by atoms with van der Waals surface area (Å²) in [4.78, 5) is 30.5. The molecule has 0 radical (unpaired) electrons. The molecule has 4 bridgehead atoms. The molecule has 7 nitrogen and oxygen atoms in total. The van der Waals surface area contributed by atoms with E-state index in [0.29, 0.717) is 16.6 Å². The molecule has 0 saturated heterocycles. The maximum atomic E-state index is 13.1. The van der Waals surface area contributed by atoms with Gasteiger partial charge >= 0.3 is 5.69 Å². The Bertz CT molecular complexity index is 1520.